The molecular weight excluding hydrogens is 590 g/mol. The van der Waals surface area contributed by atoms with Crippen LogP contribution in [-0.4, -0.2) is 52.5 Å². The van der Waals surface area contributed by atoms with Gasteiger partial charge in [0.05, 0.1) is 29.6 Å². The number of benzene rings is 3. The first-order valence-electron chi connectivity index (χ1n) is 13.4. The van der Waals surface area contributed by atoms with Crippen molar-refractivity contribution in [2.75, 3.05) is 37.5 Å². The van der Waals surface area contributed by atoms with E-state index in [2.05, 4.69) is 16.4 Å². The van der Waals surface area contributed by atoms with Gasteiger partial charge in [-0.2, -0.15) is 0 Å². The second-order valence-electron chi connectivity index (χ2n) is 10.2. The molecule has 1 unspecified atom stereocenters. The zero-order chi connectivity index (χ0) is 30.5. The number of aromatic nitrogens is 1. The first kappa shape index (κ1) is 28.8. The highest BCUT2D eigenvalue weighted by molar-refractivity contribution is 7.99. The van der Waals surface area contributed by atoms with Crippen LogP contribution in [0.3, 0.4) is 0 Å². The number of pyridine rings is 1. The average molecular weight is 618 g/mol. The number of nitrogens with one attached hydrogen (secondary N) is 1. The fraction of sp³-hybridized carbons (Fsp3) is 0.188. The van der Waals surface area contributed by atoms with Gasteiger partial charge in [-0.15, -0.1) is 11.8 Å². The fourth-order valence-corrected chi connectivity index (χ4v) is 7.13. The number of carbonyl (C=O) groups is 1. The number of nitrogens with zero attached hydrogens (tertiary/aromatic N) is 2. The number of rotatable bonds is 7. The van der Waals surface area contributed by atoms with Crippen LogP contribution in [0, 0.1) is 5.82 Å². The van der Waals surface area contributed by atoms with Crippen molar-refractivity contribution in [3.8, 4) is 28.2 Å². The molecule has 1 atom stereocenters. The third kappa shape index (κ3) is 5.12. The van der Waals surface area contributed by atoms with Gasteiger partial charge >= 0.3 is 0 Å². The zero-order valence-corrected chi connectivity index (χ0v) is 25.5. The number of ether oxygens (including phenoxy) is 1. The van der Waals surface area contributed by atoms with Crippen molar-refractivity contribution in [1.29, 1.82) is 0 Å². The van der Waals surface area contributed by atoms with Gasteiger partial charge in [-0.1, -0.05) is 12.1 Å². The van der Waals surface area contributed by atoms with E-state index in [1.165, 1.54) is 42.7 Å². The maximum atomic E-state index is 13.7. The van der Waals surface area contributed by atoms with Crippen LogP contribution < -0.4 is 14.4 Å². The molecule has 0 saturated heterocycles. The minimum Gasteiger partial charge on any atom is -0.496 e. The number of methoxy groups -OCH3 is 1. The Bertz CT molecular complexity index is 1990. The second kappa shape index (κ2) is 11.1. The van der Waals surface area contributed by atoms with Crippen molar-refractivity contribution in [1.82, 2.24) is 10.3 Å². The van der Waals surface area contributed by atoms with E-state index in [-0.39, 0.29) is 17.2 Å². The van der Waals surface area contributed by atoms with E-state index in [0.29, 0.717) is 33.5 Å². The Kier molecular flexibility index (Phi) is 7.39. The van der Waals surface area contributed by atoms with Crippen LogP contribution in [0.2, 0.25) is 0 Å². The summed E-state index contributed by atoms with van der Waals surface area (Å²) in [5.41, 5.74) is 4.82. The molecule has 11 heteroatoms. The number of sulfonamides is 1. The molecule has 220 valence electrons. The summed E-state index contributed by atoms with van der Waals surface area (Å²) >= 11 is 1.68. The SMILES string of the molecule is CNC(=O)c1c(-c2ccc(F)cc2)oc2cc(N(C)S(C)(=O)=O)c(-c3ccc(OC)c(C4CSc5ncccc54)c3)cc12. The third-order valence-corrected chi connectivity index (χ3v) is 9.99. The number of anilines is 1. The second-order valence-corrected chi connectivity index (χ2v) is 13.2. The molecule has 1 amide bonds. The topological polar surface area (TPSA) is 102 Å². The van der Waals surface area contributed by atoms with Crippen molar-refractivity contribution in [3.63, 3.8) is 0 Å². The van der Waals surface area contributed by atoms with Gasteiger partial charge in [-0.05, 0) is 59.7 Å². The van der Waals surface area contributed by atoms with E-state index in [9.17, 15) is 17.6 Å². The normalized spacial score (nSPS) is 14.5. The van der Waals surface area contributed by atoms with Crippen molar-refractivity contribution < 1.29 is 26.8 Å². The highest BCUT2D eigenvalue weighted by Crippen LogP contribution is 2.47. The smallest absolute Gasteiger partial charge is 0.255 e. The van der Waals surface area contributed by atoms with E-state index in [4.69, 9.17) is 9.15 Å². The standard InChI is InChI=1S/C32H28FN3O5S2/c1-34-31(37)29-24-15-22(19-9-12-27(40-3)23(14-19)25-17-42-32-21(25)6-5-13-35-32)26(36(2)43(4,38)39)16-28(24)41-30(29)18-7-10-20(33)11-8-18/h5-16,25H,17H2,1-4H3,(H,34,37). The first-order valence-corrected chi connectivity index (χ1v) is 16.2. The van der Waals surface area contributed by atoms with E-state index < -0.39 is 21.7 Å². The summed E-state index contributed by atoms with van der Waals surface area (Å²) in [6, 6.07) is 18.8. The van der Waals surface area contributed by atoms with Gasteiger partial charge < -0.3 is 14.5 Å². The van der Waals surface area contributed by atoms with E-state index in [0.717, 1.165) is 33.7 Å². The fourth-order valence-electron chi connectivity index (χ4n) is 5.43. The Balaban J connectivity index is 1.62. The molecule has 0 aliphatic carbocycles. The van der Waals surface area contributed by atoms with Crippen LogP contribution in [0.4, 0.5) is 10.1 Å². The monoisotopic (exact) mass is 617 g/mol. The maximum absolute atomic E-state index is 13.7. The Labute approximate surface area is 252 Å². The molecule has 0 fully saturated rings. The largest absolute Gasteiger partial charge is 0.496 e. The Hall–Kier alpha value is -4.35. The van der Waals surface area contributed by atoms with E-state index in [1.807, 2.05) is 24.3 Å². The predicted octanol–water partition coefficient (Wildman–Crippen LogP) is 6.30. The summed E-state index contributed by atoms with van der Waals surface area (Å²) in [5.74, 6) is 0.944. The van der Waals surface area contributed by atoms with Gasteiger partial charge in [0, 0.05) is 60.1 Å². The number of amides is 1. The van der Waals surface area contributed by atoms with Crippen LogP contribution in [0.15, 0.2) is 82.4 Å². The number of thioether (sulfide) groups is 1. The lowest BCUT2D eigenvalue weighted by Crippen LogP contribution is -2.25. The number of hydrogen-bond acceptors (Lipinski definition) is 7. The minimum absolute atomic E-state index is 0.0175. The molecule has 0 radical (unpaired) electrons. The van der Waals surface area contributed by atoms with Crippen LogP contribution in [0.5, 0.6) is 5.75 Å². The number of carbonyl (C=O) groups excluding carboxylic acids is 1. The van der Waals surface area contributed by atoms with E-state index in [1.54, 1.807) is 37.2 Å². The first-order chi connectivity index (χ1) is 20.6. The quantitative estimate of drug-likeness (QED) is 0.229. The van der Waals surface area contributed by atoms with Gasteiger partial charge in [0.2, 0.25) is 10.0 Å². The number of furan rings is 1. The molecule has 0 saturated carbocycles. The molecule has 0 spiro atoms. The number of halogens is 1. The lowest BCUT2D eigenvalue weighted by molar-refractivity contribution is 0.0964. The minimum atomic E-state index is -3.68. The zero-order valence-electron chi connectivity index (χ0n) is 23.8. The molecule has 1 N–H and O–H groups in total. The van der Waals surface area contributed by atoms with Crippen LogP contribution >= 0.6 is 11.8 Å². The van der Waals surface area contributed by atoms with Crippen LogP contribution in [0.25, 0.3) is 33.4 Å². The summed E-state index contributed by atoms with van der Waals surface area (Å²) in [6.07, 6.45) is 2.90. The molecule has 6 rings (SSSR count). The molecule has 3 aromatic carbocycles. The van der Waals surface area contributed by atoms with Crippen LogP contribution in [-0.2, 0) is 10.0 Å². The molecule has 43 heavy (non-hydrogen) atoms. The van der Waals surface area contributed by atoms with Crippen LogP contribution in [0.1, 0.15) is 27.4 Å². The van der Waals surface area contributed by atoms with Gasteiger partial charge in [0.15, 0.2) is 0 Å². The summed E-state index contributed by atoms with van der Waals surface area (Å²) in [5, 5.41) is 4.13. The van der Waals surface area contributed by atoms with Gasteiger partial charge in [0.25, 0.3) is 5.91 Å². The third-order valence-electron chi connectivity index (χ3n) is 7.68. The lowest BCUT2D eigenvalue weighted by atomic mass is 9.90. The molecule has 0 bridgehead atoms. The number of fused-ring (bicyclic) bond motifs is 2. The van der Waals surface area contributed by atoms with Crippen molar-refractivity contribution in [3.05, 3.63) is 95.4 Å². The summed E-state index contributed by atoms with van der Waals surface area (Å²) in [4.78, 5) is 17.7. The molecule has 8 nitrogen and oxygen atoms in total. The molecule has 1 aliphatic rings. The average Bonchev–Trinajstić information content (AvgIpc) is 3.61. The van der Waals surface area contributed by atoms with E-state index >= 15 is 0 Å². The molecule has 1 aliphatic heterocycles. The van der Waals surface area contributed by atoms with Gasteiger partial charge in [-0.25, -0.2) is 17.8 Å². The van der Waals surface area contributed by atoms with Crippen molar-refractivity contribution in [2.45, 2.75) is 10.9 Å². The Morgan fingerprint density at radius 2 is 1.84 bits per heavy atom. The van der Waals surface area contributed by atoms with Gasteiger partial charge in [-0.3, -0.25) is 9.10 Å². The maximum Gasteiger partial charge on any atom is 0.255 e. The highest BCUT2D eigenvalue weighted by atomic mass is 32.2. The molecule has 5 aromatic rings. The Morgan fingerprint density at radius 1 is 1.09 bits per heavy atom. The lowest BCUT2D eigenvalue weighted by Gasteiger charge is -2.22. The van der Waals surface area contributed by atoms with Crippen molar-refractivity contribution >= 4 is 44.3 Å². The summed E-state index contributed by atoms with van der Waals surface area (Å²) in [7, 11) is 0.936. The van der Waals surface area contributed by atoms with Gasteiger partial charge in [0.1, 0.15) is 22.9 Å². The Morgan fingerprint density at radius 3 is 2.53 bits per heavy atom. The summed E-state index contributed by atoms with van der Waals surface area (Å²) in [6.45, 7) is 0. The van der Waals surface area contributed by atoms with Crippen molar-refractivity contribution in [2.24, 2.45) is 0 Å². The predicted molar refractivity (Wildman–Crippen MR) is 167 cm³/mol. The molecular formula is C32H28FN3O5S2. The molecule has 2 aromatic heterocycles. The number of hydrogen-bond donors (Lipinski definition) is 1. The molecule has 3 heterocycles. The highest BCUT2D eigenvalue weighted by Gasteiger charge is 2.30. The summed E-state index contributed by atoms with van der Waals surface area (Å²) < 4.78 is 52.5.